The van der Waals surface area contributed by atoms with Crippen LogP contribution in [0.2, 0.25) is 0 Å². The van der Waals surface area contributed by atoms with Gasteiger partial charge in [0.15, 0.2) is 0 Å². The van der Waals surface area contributed by atoms with E-state index < -0.39 is 0 Å². The summed E-state index contributed by atoms with van der Waals surface area (Å²) < 4.78 is 0. The van der Waals surface area contributed by atoms with E-state index in [4.69, 9.17) is 10.2 Å². The monoisotopic (exact) mass is 228 g/mol. The quantitative estimate of drug-likeness (QED) is 0.469. The Balaban J connectivity index is 0. The molecule has 0 aliphatic heterocycles. The largest absolute Gasteiger partial charge is 0.396 e. The van der Waals surface area contributed by atoms with E-state index in [1.54, 1.807) is 6.08 Å². The van der Waals surface area contributed by atoms with Crippen molar-refractivity contribution < 1.29 is 10.2 Å². The van der Waals surface area contributed by atoms with Gasteiger partial charge in [-0.25, -0.2) is 0 Å². The third-order valence-electron chi connectivity index (χ3n) is 2.29. The maximum Gasteiger partial charge on any atom is 0.0612 e. The normalized spacial score (nSPS) is 12.0. The molecule has 0 aromatic carbocycles. The van der Waals surface area contributed by atoms with Crippen molar-refractivity contribution in [3.63, 3.8) is 0 Å². The SMILES string of the molecule is C=CC(CC/C=C/CO)CCCCO.CC. The number of aliphatic hydroxyl groups is 2. The lowest BCUT2D eigenvalue weighted by Gasteiger charge is -2.09. The van der Waals surface area contributed by atoms with E-state index in [9.17, 15) is 0 Å². The van der Waals surface area contributed by atoms with Gasteiger partial charge in [0, 0.05) is 6.61 Å². The summed E-state index contributed by atoms with van der Waals surface area (Å²) in [4.78, 5) is 0. The van der Waals surface area contributed by atoms with E-state index in [0.29, 0.717) is 5.92 Å². The highest BCUT2D eigenvalue weighted by Crippen LogP contribution is 2.15. The fourth-order valence-corrected chi connectivity index (χ4v) is 1.40. The minimum Gasteiger partial charge on any atom is -0.396 e. The summed E-state index contributed by atoms with van der Waals surface area (Å²) in [5.74, 6) is 0.546. The van der Waals surface area contributed by atoms with E-state index in [0.717, 1.165) is 32.1 Å². The molecule has 0 aromatic rings. The van der Waals surface area contributed by atoms with Crippen LogP contribution < -0.4 is 0 Å². The van der Waals surface area contributed by atoms with Gasteiger partial charge in [0.05, 0.1) is 6.61 Å². The lowest BCUT2D eigenvalue weighted by Crippen LogP contribution is -1.96. The molecule has 0 rings (SSSR count). The fourth-order valence-electron chi connectivity index (χ4n) is 1.40. The standard InChI is InChI=1S/C12H22O2.C2H6/c1-2-12(9-5-7-11-14)8-4-3-6-10-13;1-2/h2-3,6,12-14H,1,4-5,7-11H2;1-2H3/b6-3+;. The van der Waals surface area contributed by atoms with E-state index >= 15 is 0 Å². The fraction of sp³-hybridized carbons (Fsp3) is 0.714. The summed E-state index contributed by atoms with van der Waals surface area (Å²) in [6, 6.07) is 0. The minimum atomic E-state index is 0.128. The summed E-state index contributed by atoms with van der Waals surface area (Å²) >= 11 is 0. The van der Waals surface area contributed by atoms with E-state index in [1.807, 2.05) is 26.0 Å². The molecule has 0 fully saturated rings. The van der Waals surface area contributed by atoms with Crippen LogP contribution in [0.5, 0.6) is 0 Å². The molecular formula is C14H28O2. The van der Waals surface area contributed by atoms with E-state index in [-0.39, 0.29) is 13.2 Å². The predicted molar refractivity (Wildman–Crippen MR) is 71.4 cm³/mol. The zero-order chi connectivity index (χ0) is 12.6. The second-order valence-electron chi connectivity index (χ2n) is 3.45. The van der Waals surface area contributed by atoms with Crippen molar-refractivity contribution >= 4 is 0 Å². The highest BCUT2D eigenvalue weighted by Gasteiger charge is 2.01. The molecule has 96 valence electrons. The molecule has 2 heteroatoms. The molecule has 0 radical (unpaired) electrons. The number of hydrogen-bond donors (Lipinski definition) is 2. The van der Waals surface area contributed by atoms with Gasteiger partial charge in [-0.15, -0.1) is 6.58 Å². The molecular weight excluding hydrogens is 200 g/mol. The van der Waals surface area contributed by atoms with E-state index in [1.165, 1.54) is 0 Å². The number of unbranched alkanes of at least 4 members (excludes halogenated alkanes) is 1. The molecule has 0 aliphatic rings. The second-order valence-corrected chi connectivity index (χ2v) is 3.45. The molecule has 16 heavy (non-hydrogen) atoms. The van der Waals surface area contributed by atoms with Gasteiger partial charge in [-0.05, 0) is 31.6 Å². The zero-order valence-corrected chi connectivity index (χ0v) is 10.9. The Morgan fingerprint density at radius 3 is 2.25 bits per heavy atom. The first-order valence-electron chi connectivity index (χ1n) is 6.34. The third-order valence-corrected chi connectivity index (χ3v) is 2.29. The molecule has 0 saturated heterocycles. The smallest absolute Gasteiger partial charge is 0.0612 e. The Labute approximate surface area is 101 Å². The molecule has 2 nitrogen and oxygen atoms in total. The second kappa shape index (κ2) is 16.8. The number of hydrogen-bond acceptors (Lipinski definition) is 2. The summed E-state index contributed by atoms with van der Waals surface area (Å²) in [6.07, 6.45) is 10.9. The van der Waals surface area contributed by atoms with Gasteiger partial charge in [-0.2, -0.15) is 0 Å². The van der Waals surface area contributed by atoms with Crippen LogP contribution >= 0.6 is 0 Å². The van der Waals surface area contributed by atoms with Crippen molar-refractivity contribution in [2.75, 3.05) is 13.2 Å². The van der Waals surface area contributed by atoms with Gasteiger partial charge >= 0.3 is 0 Å². The van der Waals surface area contributed by atoms with Crippen molar-refractivity contribution in [2.45, 2.75) is 46.0 Å². The molecule has 0 saturated carbocycles. The number of aliphatic hydroxyl groups excluding tert-OH is 2. The minimum absolute atomic E-state index is 0.128. The van der Waals surface area contributed by atoms with Crippen LogP contribution in [-0.4, -0.2) is 23.4 Å². The van der Waals surface area contributed by atoms with Gasteiger partial charge in [-0.1, -0.05) is 38.5 Å². The molecule has 2 N–H and O–H groups in total. The first-order valence-corrected chi connectivity index (χ1v) is 6.34. The zero-order valence-electron chi connectivity index (χ0n) is 10.9. The van der Waals surface area contributed by atoms with Gasteiger partial charge in [0.1, 0.15) is 0 Å². The van der Waals surface area contributed by atoms with E-state index in [2.05, 4.69) is 6.58 Å². The molecule has 0 heterocycles. The average Bonchev–Trinajstić information content (AvgIpc) is 2.35. The highest BCUT2D eigenvalue weighted by molar-refractivity contribution is 4.85. The molecule has 0 bridgehead atoms. The molecule has 0 aliphatic carbocycles. The Hall–Kier alpha value is -0.600. The van der Waals surface area contributed by atoms with Crippen LogP contribution in [0.1, 0.15) is 46.0 Å². The summed E-state index contributed by atoms with van der Waals surface area (Å²) in [5, 5.41) is 17.2. The van der Waals surface area contributed by atoms with Crippen LogP contribution in [0.15, 0.2) is 24.8 Å². The summed E-state index contributed by atoms with van der Waals surface area (Å²) in [5.41, 5.74) is 0. The molecule has 0 amide bonds. The van der Waals surface area contributed by atoms with Gasteiger partial charge in [0.25, 0.3) is 0 Å². The van der Waals surface area contributed by atoms with Crippen molar-refractivity contribution in [3.8, 4) is 0 Å². The van der Waals surface area contributed by atoms with Gasteiger partial charge in [0.2, 0.25) is 0 Å². The van der Waals surface area contributed by atoms with Crippen molar-refractivity contribution in [1.82, 2.24) is 0 Å². The van der Waals surface area contributed by atoms with Crippen LogP contribution in [-0.2, 0) is 0 Å². The van der Waals surface area contributed by atoms with Crippen molar-refractivity contribution in [1.29, 1.82) is 0 Å². The Bertz CT molecular complexity index is 153. The van der Waals surface area contributed by atoms with Crippen LogP contribution in [0.3, 0.4) is 0 Å². The topological polar surface area (TPSA) is 40.5 Å². The number of allylic oxidation sites excluding steroid dienone is 2. The molecule has 1 atom stereocenters. The lowest BCUT2D eigenvalue weighted by molar-refractivity contribution is 0.279. The summed E-state index contributed by atoms with van der Waals surface area (Å²) in [7, 11) is 0. The van der Waals surface area contributed by atoms with Crippen molar-refractivity contribution in [2.24, 2.45) is 5.92 Å². The maximum atomic E-state index is 8.63. The maximum absolute atomic E-state index is 8.63. The average molecular weight is 228 g/mol. The molecule has 1 unspecified atom stereocenters. The Kier molecular flexibility index (Phi) is 18.7. The van der Waals surface area contributed by atoms with Crippen molar-refractivity contribution in [3.05, 3.63) is 24.8 Å². The molecule has 0 aromatic heterocycles. The Morgan fingerprint density at radius 2 is 1.75 bits per heavy atom. The van der Waals surface area contributed by atoms with Crippen LogP contribution in [0.4, 0.5) is 0 Å². The number of rotatable bonds is 9. The summed E-state index contributed by atoms with van der Waals surface area (Å²) in [6.45, 7) is 8.22. The first-order chi connectivity index (χ1) is 7.85. The van der Waals surface area contributed by atoms with Crippen LogP contribution in [0, 0.1) is 5.92 Å². The van der Waals surface area contributed by atoms with Gasteiger partial charge < -0.3 is 10.2 Å². The predicted octanol–water partition coefficient (Wildman–Crippen LogP) is 3.31. The lowest BCUT2D eigenvalue weighted by atomic mass is 9.97. The third kappa shape index (κ3) is 13.4. The Morgan fingerprint density at radius 1 is 1.06 bits per heavy atom. The van der Waals surface area contributed by atoms with Gasteiger partial charge in [-0.3, -0.25) is 0 Å². The highest BCUT2D eigenvalue weighted by atomic mass is 16.3. The molecule has 0 spiro atoms. The van der Waals surface area contributed by atoms with Crippen LogP contribution in [0.25, 0.3) is 0 Å². The first kappa shape index (κ1) is 17.8.